The molecule has 0 aliphatic carbocycles. The van der Waals surface area contributed by atoms with Crippen LogP contribution in [0.3, 0.4) is 0 Å². The van der Waals surface area contributed by atoms with Gasteiger partial charge in [0.1, 0.15) is 0 Å². The van der Waals surface area contributed by atoms with Gasteiger partial charge in [-0.3, -0.25) is 9.59 Å². The lowest BCUT2D eigenvalue weighted by atomic mass is 10.1. The highest BCUT2D eigenvalue weighted by atomic mass is 16.5. The van der Waals surface area contributed by atoms with Crippen molar-refractivity contribution in [1.29, 1.82) is 0 Å². The minimum atomic E-state index is -0.908. The van der Waals surface area contributed by atoms with Gasteiger partial charge in [-0.15, -0.1) is 0 Å². The molecule has 0 aromatic heterocycles. The summed E-state index contributed by atoms with van der Waals surface area (Å²) in [5, 5.41) is 8.60. The van der Waals surface area contributed by atoms with Crippen LogP contribution in [0.15, 0.2) is 18.2 Å². The van der Waals surface area contributed by atoms with E-state index in [1.165, 1.54) is 4.90 Å². The largest absolute Gasteiger partial charge is 0.493 e. The minimum absolute atomic E-state index is 0.0431. The molecule has 0 aliphatic heterocycles. The van der Waals surface area contributed by atoms with E-state index in [-0.39, 0.29) is 18.9 Å². The summed E-state index contributed by atoms with van der Waals surface area (Å²) in [7, 11) is 4.74. The van der Waals surface area contributed by atoms with Gasteiger partial charge in [-0.1, -0.05) is 6.07 Å². The van der Waals surface area contributed by atoms with Crippen LogP contribution in [0, 0.1) is 0 Å². The monoisotopic (exact) mass is 295 g/mol. The molecule has 0 radical (unpaired) electrons. The molecule has 0 spiro atoms. The van der Waals surface area contributed by atoms with Crippen molar-refractivity contribution in [2.24, 2.45) is 0 Å². The molecule has 1 N–H and O–H groups in total. The van der Waals surface area contributed by atoms with Gasteiger partial charge in [-0.2, -0.15) is 0 Å². The van der Waals surface area contributed by atoms with E-state index >= 15 is 0 Å². The molecule has 0 heterocycles. The van der Waals surface area contributed by atoms with Gasteiger partial charge in [-0.05, 0) is 24.1 Å². The van der Waals surface area contributed by atoms with Crippen LogP contribution < -0.4 is 9.47 Å². The van der Waals surface area contributed by atoms with Crippen LogP contribution in [0.1, 0.15) is 18.4 Å². The zero-order valence-corrected chi connectivity index (χ0v) is 12.6. The van der Waals surface area contributed by atoms with Gasteiger partial charge < -0.3 is 19.5 Å². The van der Waals surface area contributed by atoms with E-state index in [0.29, 0.717) is 24.3 Å². The van der Waals surface area contributed by atoms with Crippen LogP contribution in [0.4, 0.5) is 0 Å². The maximum absolute atomic E-state index is 11.9. The van der Waals surface area contributed by atoms with Gasteiger partial charge in [0, 0.05) is 20.0 Å². The molecule has 0 fully saturated rings. The molecule has 6 heteroatoms. The Hall–Kier alpha value is -2.24. The van der Waals surface area contributed by atoms with Gasteiger partial charge in [0.05, 0.1) is 20.6 Å². The van der Waals surface area contributed by atoms with E-state index in [0.717, 1.165) is 5.56 Å². The number of aliphatic carboxylic acids is 1. The predicted octanol–water partition coefficient (Wildman–Crippen LogP) is 1.57. The molecule has 21 heavy (non-hydrogen) atoms. The Balaban J connectivity index is 2.54. The maximum atomic E-state index is 11.9. The average Bonchev–Trinajstić information content (AvgIpc) is 2.49. The van der Waals surface area contributed by atoms with Gasteiger partial charge in [0.2, 0.25) is 5.91 Å². The second kappa shape index (κ2) is 8.14. The normalized spacial score (nSPS) is 10.0. The van der Waals surface area contributed by atoms with E-state index in [4.69, 9.17) is 14.6 Å². The summed E-state index contributed by atoms with van der Waals surface area (Å²) in [6, 6.07) is 5.52. The van der Waals surface area contributed by atoms with E-state index in [2.05, 4.69) is 0 Å². The first-order chi connectivity index (χ1) is 9.97. The molecule has 0 bridgehead atoms. The van der Waals surface area contributed by atoms with Crippen molar-refractivity contribution in [2.45, 2.75) is 19.3 Å². The van der Waals surface area contributed by atoms with Crippen molar-refractivity contribution in [3.05, 3.63) is 23.8 Å². The summed E-state index contributed by atoms with van der Waals surface area (Å²) in [5.74, 6) is 0.286. The molecule has 1 amide bonds. The average molecular weight is 295 g/mol. The van der Waals surface area contributed by atoms with Gasteiger partial charge in [-0.25, -0.2) is 0 Å². The van der Waals surface area contributed by atoms with E-state index in [1.54, 1.807) is 27.3 Å². The quantitative estimate of drug-likeness (QED) is 0.788. The number of nitrogens with zero attached hydrogens (tertiary/aromatic N) is 1. The Morgan fingerprint density at radius 1 is 1.14 bits per heavy atom. The van der Waals surface area contributed by atoms with Crippen LogP contribution in [0.2, 0.25) is 0 Å². The lowest BCUT2D eigenvalue weighted by molar-refractivity contribution is -0.138. The maximum Gasteiger partial charge on any atom is 0.305 e. The smallest absolute Gasteiger partial charge is 0.305 e. The minimum Gasteiger partial charge on any atom is -0.493 e. The SMILES string of the molecule is COc1ccc(CCC(=O)N(C)CCC(=O)O)cc1OC. The molecule has 1 aromatic rings. The number of ether oxygens (including phenoxy) is 2. The molecule has 0 aliphatic rings. The Morgan fingerprint density at radius 2 is 1.81 bits per heavy atom. The van der Waals surface area contributed by atoms with E-state index < -0.39 is 5.97 Å². The standard InChI is InChI=1S/C15H21NO5/c1-16(9-8-15(18)19)14(17)7-5-11-4-6-12(20-2)13(10-11)21-3/h4,6,10H,5,7-9H2,1-3H3,(H,18,19). The third-order valence-electron chi connectivity index (χ3n) is 3.16. The Labute approximate surface area is 124 Å². The number of carbonyl (C=O) groups excluding carboxylic acids is 1. The number of carboxylic acid groups (broad SMARTS) is 1. The molecule has 0 saturated carbocycles. The first kappa shape index (κ1) is 16.8. The van der Waals surface area contributed by atoms with Crippen LogP contribution in [-0.2, 0) is 16.0 Å². The van der Waals surface area contributed by atoms with Crippen molar-refractivity contribution < 1.29 is 24.2 Å². The Bertz CT molecular complexity index is 501. The number of aryl methyl sites for hydroxylation is 1. The molecule has 6 nitrogen and oxygen atoms in total. The van der Waals surface area contributed by atoms with Crippen LogP contribution in [0.25, 0.3) is 0 Å². The zero-order valence-electron chi connectivity index (χ0n) is 12.6. The van der Waals surface area contributed by atoms with Crippen molar-refractivity contribution in [2.75, 3.05) is 27.8 Å². The Kier molecular flexibility index (Phi) is 6.52. The predicted molar refractivity (Wildman–Crippen MR) is 77.8 cm³/mol. The van der Waals surface area contributed by atoms with Crippen LogP contribution >= 0.6 is 0 Å². The Morgan fingerprint density at radius 3 is 2.38 bits per heavy atom. The van der Waals surface area contributed by atoms with Crippen molar-refractivity contribution >= 4 is 11.9 Å². The molecule has 0 atom stereocenters. The van der Waals surface area contributed by atoms with Crippen molar-refractivity contribution in [3.8, 4) is 11.5 Å². The molecule has 1 rings (SSSR count). The summed E-state index contributed by atoms with van der Waals surface area (Å²) in [4.78, 5) is 23.8. The highest BCUT2D eigenvalue weighted by Gasteiger charge is 2.11. The lowest BCUT2D eigenvalue weighted by Gasteiger charge is -2.16. The highest BCUT2D eigenvalue weighted by molar-refractivity contribution is 5.77. The zero-order chi connectivity index (χ0) is 15.8. The topological polar surface area (TPSA) is 76.1 Å². The molecule has 1 aromatic carbocycles. The third kappa shape index (κ3) is 5.33. The lowest BCUT2D eigenvalue weighted by Crippen LogP contribution is -2.29. The second-order valence-electron chi connectivity index (χ2n) is 4.65. The molecular weight excluding hydrogens is 274 g/mol. The summed E-state index contributed by atoms with van der Waals surface area (Å²) < 4.78 is 10.4. The highest BCUT2D eigenvalue weighted by Crippen LogP contribution is 2.27. The first-order valence-corrected chi connectivity index (χ1v) is 6.64. The number of amides is 1. The molecule has 116 valence electrons. The fourth-order valence-corrected chi connectivity index (χ4v) is 1.87. The number of hydrogen-bond donors (Lipinski definition) is 1. The van der Waals surface area contributed by atoms with Crippen molar-refractivity contribution in [3.63, 3.8) is 0 Å². The summed E-state index contributed by atoms with van der Waals surface area (Å²) >= 11 is 0. The molecular formula is C15H21NO5. The van der Waals surface area contributed by atoms with Crippen LogP contribution in [-0.4, -0.2) is 49.7 Å². The van der Waals surface area contributed by atoms with E-state index in [9.17, 15) is 9.59 Å². The summed E-state index contributed by atoms with van der Waals surface area (Å²) in [5.41, 5.74) is 0.965. The fourth-order valence-electron chi connectivity index (χ4n) is 1.87. The number of benzene rings is 1. The number of hydrogen-bond acceptors (Lipinski definition) is 4. The molecule has 0 saturated heterocycles. The number of rotatable bonds is 8. The van der Waals surface area contributed by atoms with E-state index in [1.807, 2.05) is 12.1 Å². The summed E-state index contributed by atoms with van der Waals surface area (Å²) in [6.07, 6.45) is 0.848. The first-order valence-electron chi connectivity index (χ1n) is 6.64. The summed E-state index contributed by atoms with van der Waals surface area (Å²) in [6.45, 7) is 0.222. The number of methoxy groups -OCH3 is 2. The van der Waals surface area contributed by atoms with Crippen LogP contribution in [0.5, 0.6) is 11.5 Å². The van der Waals surface area contributed by atoms with Gasteiger partial charge in [0.25, 0.3) is 0 Å². The number of carboxylic acids is 1. The number of carbonyl (C=O) groups is 2. The molecule has 0 unspecified atom stereocenters. The second-order valence-corrected chi connectivity index (χ2v) is 4.65. The van der Waals surface area contributed by atoms with Gasteiger partial charge >= 0.3 is 5.97 Å². The van der Waals surface area contributed by atoms with Crippen molar-refractivity contribution in [1.82, 2.24) is 4.90 Å². The third-order valence-corrected chi connectivity index (χ3v) is 3.16. The van der Waals surface area contributed by atoms with Gasteiger partial charge in [0.15, 0.2) is 11.5 Å². The fraction of sp³-hybridized carbons (Fsp3) is 0.467.